The van der Waals surface area contributed by atoms with Gasteiger partial charge < -0.3 is 17.7 Å². The Bertz CT molecular complexity index is 126. The second-order valence-electron chi connectivity index (χ2n) is 2.77. The maximum Gasteiger partial charge on any atom is 0.679 e. The number of unbranched alkanes of at least 4 members (excludes halogenated alkanes) is 1. The van der Waals surface area contributed by atoms with E-state index < -0.39 is 9.05 Å². The van der Waals surface area contributed by atoms with E-state index in [-0.39, 0.29) is 0 Å². The first-order valence-corrected chi connectivity index (χ1v) is 6.85. The summed E-state index contributed by atoms with van der Waals surface area (Å²) in [5.41, 5.74) is 0. The lowest BCUT2D eigenvalue weighted by atomic mass is 10.4. The van der Waals surface area contributed by atoms with Crippen LogP contribution in [-0.4, -0.2) is 36.0 Å². The van der Waals surface area contributed by atoms with Crippen LogP contribution in [0.2, 0.25) is 0 Å². The lowest BCUT2D eigenvalue weighted by Gasteiger charge is -2.25. The molecule has 0 unspecified atom stereocenters. The maximum absolute atomic E-state index is 5.57. The molecule has 0 fully saturated rings. The van der Waals surface area contributed by atoms with Crippen molar-refractivity contribution in [2.75, 3.05) is 26.9 Å². The molecule has 0 atom stereocenters. The van der Waals surface area contributed by atoms with Gasteiger partial charge in [-0.1, -0.05) is 13.3 Å². The molecular weight excluding hydrogens is 200 g/mol. The molecule has 0 aliphatic rings. The zero-order chi connectivity index (χ0) is 10.9. The zero-order valence-corrected chi connectivity index (χ0v) is 10.7. The summed E-state index contributed by atoms with van der Waals surface area (Å²) in [4.78, 5) is 0. The molecule has 0 aliphatic carbocycles. The number of hydrogen-bond acceptors (Lipinski definition) is 4. The smallest absolute Gasteiger partial charge is 0.355 e. The first-order chi connectivity index (χ1) is 6.74. The largest absolute Gasteiger partial charge is 0.679 e. The van der Waals surface area contributed by atoms with Gasteiger partial charge in [-0.3, -0.25) is 0 Å². The SMILES string of the molecule is CCCCO[Si](OC)(OCC)OCC. The Morgan fingerprint density at radius 2 is 1.50 bits per heavy atom. The first-order valence-electron chi connectivity index (χ1n) is 5.21. The van der Waals surface area contributed by atoms with E-state index in [0.29, 0.717) is 19.8 Å². The normalized spacial score (nSPS) is 12.0. The van der Waals surface area contributed by atoms with Crippen molar-refractivity contribution in [3.05, 3.63) is 0 Å². The Kier molecular flexibility index (Phi) is 8.41. The van der Waals surface area contributed by atoms with Gasteiger partial charge in [0.2, 0.25) is 0 Å². The molecule has 0 rings (SSSR count). The fraction of sp³-hybridized carbons (Fsp3) is 1.00. The van der Waals surface area contributed by atoms with Gasteiger partial charge in [0.25, 0.3) is 0 Å². The first kappa shape index (κ1) is 14.1. The molecular formula is C9H22O4Si. The Balaban J connectivity index is 4.03. The van der Waals surface area contributed by atoms with Crippen LogP contribution in [0.3, 0.4) is 0 Å². The van der Waals surface area contributed by atoms with Crippen LogP contribution in [0.5, 0.6) is 0 Å². The summed E-state index contributed by atoms with van der Waals surface area (Å²) in [7, 11) is -1.23. The quantitative estimate of drug-likeness (QED) is 0.441. The van der Waals surface area contributed by atoms with Crippen molar-refractivity contribution in [1.29, 1.82) is 0 Å². The van der Waals surface area contributed by atoms with Gasteiger partial charge in [0, 0.05) is 26.9 Å². The number of rotatable bonds is 9. The fourth-order valence-corrected chi connectivity index (χ4v) is 2.70. The van der Waals surface area contributed by atoms with Crippen LogP contribution in [0, 0.1) is 0 Å². The van der Waals surface area contributed by atoms with Crippen LogP contribution >= 0.6 is 0 Å². The molecule has 0 aliphatic heterocycles. The predicted molar refractivity (Wildman–Crippen MR) is 56.9 cm³/mol. The third-order valence-electron chi connectivity index (χ3n) is 1.67. The molecule has 0 aromatic heterocycles. The second kappa shape index (κ2) is 8.37. The summed E-state index contributed by atoms with van der Waals surface area (Å²) in [5, 5.41) is 0. The van der Waals surface area contributed by atoms with Gasteiger partial charge in [0.15, 0.2) is 0 Å². The summed E-state index contributed by atoms with van der Waals surface area (Å²) >= 11 is 0. The lowest BCUT2D eigenvalue weighted by molar-refractivity contribution is -0.0175. The molecule has 0 spiro atoms. The molecule has 14 heavy (non-hydrogen) atoms. The monoisotopic (exact) mass is 222 g/mol. The summed E-state index contributed by atoms with van der Waals surface area (Å²) in [6, 6.07) is 0. The van der Waals surface area contributed by atoms with Crippen molar-refractivity contribution in [3.8, 4) is 0 Å². The molecule has 86 valence electrons. The van der Waals surface area contributed by atoms with Gasteiger partial charge in [-0.15, -0.1) is 0 Å². The van der Waals surface area contributed by atoms with Crippen LogP contribution in [-0.2, 0) is 17.7 Å². The molecule has 0 amide bonds. The average molecular weight is 222 g/mol. The van der Waals surface area contributed by atoms with E-state index in [0.717, 1.165) is 12.8 Å². The van der Waals surface area contributed by atoms with Crippen molar-refractivity contribution >= 4 is 9.05 Å². The molecule has 0 aromatic carbocycles. The van der Waals surface area contributed by atoms with E-state index in [1.807, 2.05) is 13.8 Å². The molecule has 0 N–H and O–H groups in total. The Morgan fingerprint density at radius 3 is 1.86 bits per heavy atom. The Labute approximate surface area is 88.0 Å². The highest BCUT2D eigenvalue weighted by Crippen LogP contribution is 2.11. The highest BCUT2D eigenvalue weighted by Gasteiger charge is 2.43. The zero-order valence-electron chi connectivity index (χ0n) is 9.67. The van der Waals surface area contributed by atoms with Gasteiger partial charge in [0.05, 0.1) is 0 Å². The van der Waals surface area contributed by atoms with Gasteiger partial charge in [-0.25, -0.2) is 0 Å². The molecule has 0 heterocycles. The summed E-state index contributed by atoms with van der Waals surface area (Å²) in [6.07, 6.45) is 2.09. The van der Waals surface area contributed by atoms with Crippen molar-refractivity contribution in [1.82, 2.24) is 0 Å². The van der Waals surface area contributed by atoms with Crippen molar-refractivity contribution in [2.45, 2.75) is 33.6 Å². The maximum atomic E-state index is 5.57. The van der Waals surface area contributed by atoms with Gasteiger partial charge >= 0.3 is 9.05 Å². The van der Waals surface area contributed by atoms with Crippen molar-refractivity contribution < 1.29 is 17.7 Å². The van der Waals surface area contributed by atoms with E-state index in [9.17, 15) is 0 Å². The Hall–Kier alpha value is 0.0569. The highest BCUT2D eigenvalue weighted by molar-refractivity contribution is 6.53. The Morgan fingerprint density at radius 1 is 0.929 bits per heavy atom. The number of hydrogen-bond donors (Lipinski definition) is 0. The van der Waals surface area contributed by atoms with Gasteiger partial charge in [-0.05, 0) is 20.3 Å². The summed E-state index contributed by atoms with van der Waals surface area (Å²) < 4.78 is 21.7. The lowest BCUT2D eigenvalue weighted by Crippen LogP contribution is -2.48. The second-order valence-corrected chi connectivity index (χ2v) is 5.05. The van der Waals surface area contributed by atoms with E-state index in [1.165, 1.54) is 0 Å². The molecule has 5 heteroatoms. The molecule has 0 saturated heterocycles. The van der Waals surface area contributed by atoms with E-state index in [2.05, 4.69) is 6.92 Å². The van der Waals surface area contributed by atoms with E-state index >= 15 is 0 Å². The minimum atomic E-state index is -2.81. The minimum Gasteiger partial charge on any atom is -0.355 e. The van der Waals surface area contributed by atoms with Crippen LogP contribution in [0.1, 0.15) is 33.6 Å². The summed E-state index contributed by atoms with van der Waals surface area (Å²) in [5.74, 6) is 0. The van der Waals surface area contributed by atoms with E-state index in [4.69, 9.17) is 17.7 Å². The third-order valence-corrected chi connectivity index (χ3v) is 4.01. The molecule has 0 radical (unpaired) electrons. The van der Waals surface area contributed by atoms with Gasteiger partial charge in [0.1, 0.15) is 0 Å². The van der Waals surface area contributed by atoms with Crippen molar-refractivity contribution in [3.63, 3.8) is 0 Å². The standard InChI is InChI=1S/C9H22O4Si/c1-5-8-9-13-14(10-4,11-6-2)12-7-3/h5-9H2,1-4H3. The molecule has 0 aromatic rings. The van der Waals surface area contributed by atoms with Crippen molar-refractivity contribution in [2.24, 2.45) is 0 Å². The summed E-state index contributed by atoms with van der Waals surface area (Å²) in [6.45, 7) is 7.65. The highest BCUT2D eigenvalue weighted by atomic mass is 28.4. The predicted octanol–water partition coefficient (Wildman–Crippen LogP) is 1.96. The average Bonchev–Trinajstić information content (AvgIpc) is 2.19. The molecule has 0 bridgehead atoms. The van der Waals surface area contributed by atoms with Crippen LogP contribution < -0.4 is 0 Å². The van der Waals surface area contributed by atoms with Crippen LogP contribution in [0.15, 0.2) is 0 Å². The topological polar surface area (TPSA) is 36.9 Å². The fourth-order valence-electron chi connectivity index (χ4n) is 0.997. The van der Waals surface area contributed by atoms with Gasteiger partial charge in [-0.2, -0.15) is 0 Å². The molecule has 0 saturated carbocycles. The third kappa shape index (κ3) is 5.07. The van der Waals surface area contributed by atoms with Crippen LogP contribution in [0.4, 0.5) is 0 Å². The molecule has 4 nitrogen and oxygen atoms in total. The minimum absolute atomic E-state index is 0.548. The van der Waals surface area contributed by atoms with E-state index in [1.54, 1.807) is 7.11 Å². The van der Waals surface area contributed by atoms with Crippen LogP contribution in [0.25, 0.3) is 0 Å².